The first-order valence-electron chi connectivity index (χ1n) is 7.38. The number of hydrogen-bond donors (Lipinski definition) is 1. The second-order valence-corrected chi connectivity index (χ2v) is 9.43. The number of nitrogens with one attached hydrogen (secondary N) is 1. The molecule has 1 N–H and O–H groups in total. The van der Waals surface area contributed by atoms with Crippen molar-refractivity contribution in [2.24, 2.45) is 5.41 Å². The van der Waals surface area contributed by atoms with Crippen LogP contribution in [0.4, 0.5) is 0 Å². The van der Waals surface area contributed by atoms with Crippen molar-refractivity contribution in [3.05, 3.63) is 0 Å². The molecule has 0 aromatic carbocycles. The summed E-state index contributed by atoms with van der Waals surface area (Å²) in [7, 11) is -2.93. The van der Waals surface area contributed by atoms with E-state index in [1.807, 2.05) is 0 Å². The molecule has 0 aromatic heterocycles. The maximum Gasteiger partial charge on any atom is 0.154 e. The molecule has 0 saturated heterocycles. The molecule has 3 aliphatic carbocycles. The van der Waals surface area contributed by atoms with Crippen molar-refractivity contribution in [2.75, 3.05) is 12.8 Å². The van der Waals surface area contributed by atoms with Gasteiger partial charge in [0.05, 0.1) is 4.75 Å². The molecule has 0 aromatic rings. The Morgan fingerprint density at radius 3 is 2.22 bits per heavy atom. The normalized spacial score (nSPS) is 30.1. The highest BCUT2D eigenvalue weighted by molar-refractivity contribution is 7.92. The minimum atomic E-state index is -2.93. The molecular weight excluding hydrogens is 246 g/mol. The maximum atomic E-state index is 12.2. The van der Waals surface area contributed by atoms with E-state index in [0.717, 1.165) is 12.8 Å². The van der Waals surface area contributed by atoms with Crippen LogP contribution in [0.3, 0.4) is 0 Å². The van der Waals surface area contributed by atoms with Crippen LogP contribution in [-0.2, 0) is 9.84 Å². The fourth-order valence-electron chi connectivity index (χ4n) is 4.11. The smallest absolute Gasteiger partial charge is 0.154 e. The summed E-state index contributed by atoms with van der Waals surface area (Å²) in [5.74, 6) is 0. The molecule has 3 saturated carbocycles. The van der Waals surface area contributed by atoms with Crippen LogP contribution < -0.4 is 5.32 Å². The van der Waals surface area contributed by atoms with Crippen molar-refractivity contribution in [3.63, 3.8) is 0 Å². The van der Waals surface area contributed by atoms with Crippen molar-refractivity contribution < 1.29 is 8.42 Å². The Balaban J connectivity index is 1.69. The fourth-order valence-corrected chi connectivity index (χ4v) is 5.59. The molecule has 3 fully saturated rings. The Morgan fingerprint density at radius 2 is 1.72 bits per heavy atom. The van der Waals surface area contributed by atoms with E-state index in [1.54, 1.807) is 0 Å². The van der Waals surface area contributed by atoms with Crippen LogP contribution in [0.5, 0.6) is 0 Å². The zero-order valence-electron chi connectivity index (χ0n) is 11.4. The van der Waals surface area contributed by atoms with E-state index in [-0.39, 0.29) is 0 Å². The molecular formula is C14H25NO2S. The summed E-state index contributed by atoms with van der Waals surface area (Å²) in [5, 5.41) is 3.45. The highest BCUT2D eigenvalue weighted by atomic mass is 32.2. The standard InChI is InChI=1S/C14H25NO2S/c1-18(16,17)14(11-15-12-5-6-12)9-13(10-14)7-3-2-4-8-13/h12,15H,2-11H2,1H3. The van der Waals surface area contributed by atoms with Gasteiger partial charge < -0.3 is 5.32 Å². The third-order valence-corrected chi connectivity index (χ3v) is 7.39. The van der Waals surface area contributed by atoms with Gasteiger partial charge in [0, 0.05) is 18.8 Å². The Hall–Kier alpha value is -0.0900. The molecule has 0 atom stereocenters. The highest BCUT2D eigenvalue weighted by Gasteiger charge is 2.59. The molecule has 0 aliphatic heterocycles. The predicted molar refractivity (Wildman–Crippen MR) is 73.4 cm³/mol. The summed E-state index contributed by atoms with van der Waals surface area (Å²) in [6.07, 6.45) is 12.2. The largest absolute Gasteiger partial charge is 0.312 e. The summed E-state index contributed by atoms with van der Waals surface area (Å²) >= 11 is 0. The Bertz CT molecular complexity index is 411. The van der Waals surface area contributed by atoms with Crippen molar-refractivity contribution in [3.8, 4) is 0 Å². The zero-order chi connectivity index (χ0) is 12.9. The monoisotopic (exact) mass is 271 g/mol. The molecule has 18 heavy (non-hydrogen) atoms. The van der Waals surface area contributed by atoms with Gasteiger partial charge in [0.25, 0.3) is 0 Å². The summed E-state index contributed by atoms with van der Waals surface area (Å²) in [6.45, 7) is 0.693. The third-order valence-electron chi connectivity index (χ3n) is 5.39. The van der Waals surface area contributed by atoms with Gasteiger partial charge in [0.1, 0.15) is 0 Å². The van der Waals surface area contributed by atoms with E-state index < -0.39 is 14.6 Å². The van der Waals surface area contributed by atoms with Crippen molar-refractivity contribution in [1.29, 1.82) is 0 Å². The molecule has 104 valence electrons. The average molecular weight is 271 g/mol. The van der Waals surface area contributed by atoms with Gasteiger partial charge in [-0.25, -0.2) is 8.42 Å². The molecule has 1 spiro atoms. The lowest BCUT2D eigenvalue weighted by Gasteiger charge is -2.57. The molecule has 3 rings (SSSR count). The van der Waals surface area contributed by atoms with Crippen LogP contribution in [0.25, 0.3) is 0 Å². The summed E-state index contributed by atoms with van der Waals surface area (Å²) in [5.41, 5.74) is 0.382. The highest BCUT2D eigenvalue weighted by Crippen LogP contribution is 2.59. The Kier molecular flexibility index (Phi) is 3.02. The Labute approximate surface area is 111 Å². The zero-order valence-corrected chi connectivity index (χ0v) is 12.2. The van der Waals surface area contributed by atoms with Crippen molar-refractivity contribution in [1.82, 2.24) is 5.32 Å². The molecule has 0 heterocycles. The minimum Gasteiger partial charge on any atom is -0.312 e. The number of sulfone groups is 1. The molecule has 0 amide bonds. The molecule has 0 bridgehead atoms. The maximum absolute atomic E-state index is 12.2. The van der Waals surface area contributed by atoms with Gasteiger partial charge in [-0.1, -0.05) is 19.3 Å². The number of hydrogen-bond acceptors (Lipinski definition) is 3. The lowest BCUT2D eigenvalue weighted by Crippen LogP contribution is -2.61. The third kappa shape index (κ3) is 2.22. The van der Waals surface area contributed by atoms with Crippen molar-refractivity contribution in [2.45, 2.75) is 68.6 Å². The molecule has 4 heteroatoms. The van der Waals surface area contributed by atoms with E-state index in [2.05, 4.69) is 5.32 Å². The van der Waals surface area contributed by atoms with Crippen molar-refractivity contribution >= 4 is 9.84 Å². The van der Waals surface area contributed by atoms with Gasteiger partial charge in [-0.15, -0.1) is 0 Å². The van der Waals surface area contributed by atoms with E-state index >= 15 is 0 Å². The van der Waals surface area contributed by atoms with Crippen LogP contribution >= 0.6 is 0 Å². The van der Waals surface area contributed by atoms with Gasteiger partial charge in [-0.3, -0.25) is 0 Å². The molecule has 3 aliphatic rings. The first-order chi connectivity index (χ1) is 8.45. The van der Waals surface area contributed by atoms with Crippen LogP contribution in [0, 0.1) is 5.41 Å². The number of rotatable bonds is 4. The van der Waals surface area contributed by atoms with Gasteiger partial charge in [0.2, 0.25) is 0 Å². The fraction of sp³-hybridized carbons (Fsp3) is 1.00. The second-order valence-electron chi connectivity index (χ2n) is 7.02. The lowest BCUT2D eigenvalue weighted by molar-refractivity contribution is 0.0316. The molecule has 3 nitrogen and oxygen atoms in total. The molecule has 0 radical (unpaired) electrons. The van der Waals surface area contributed by atoms with E-state index in [9.17, 15) is 8.42 Å². The van der Waals surface area contributed by atoms with Crippen LogP contribution in [0.1, 0.15) is 57.8 Å². The summed E-state index contributed by atoms with van der Waals surface area (Å²) in [6, 6.07) is 0.603. The van der Waals surface area contributed by atoms with E-state index in [1.165, 1.54) is 51.2 Å². The Morgan fingerprint density at radius 1 is 1.11 bits per heavy atom. The first-order valence-corrected chi connectivity index (χ1v) is 9.27. The van der Waals surface area contributed by atoms with Crippen LogP contribution in [0.15, 0.2) is 0 Å². The van der Waals surface area contributed by atoms with E-state index in [4.69, 9.17) is 0 Å². The summed E-state index contributed by atoms with van der Waals surface area (Å²) < 4.78 is 23.9. The second kappa shape index (κ2) is 4.20. The average Bonchev–Trinajstić information content (AvgIpc) is 3.06. The predicted octanol–water partition coefficient (Wildman–Crippen LogP) is 2.27. The minimum absolute atomic E-state index is 0.382. The van der Waals surface area contributed by atoms with Crippen LogP contribution in [-0.4, -0.2) is 32.0 Å². The summed E-state index contributed by atoms with van der Waals surface area (Å²) in [4.78, 5) is 0. The SMILES string of the molecule is CS(=O)(=O)C1(CNC2CC2)CC2(CCCCC2)C1. The van der Waals surface area contributed by atoms with E-state index in [0.29, 0.717) is 18.0 Å². The first kappa shape index (κ1) is 12.9. The lowest BCUT2D eigenvalue weighted by atomic mass is 9.55. The van der Waals surface area contributed by atoms with Gasteiger partial charge >= 0.3 is 0 Å². The quantitative estimate of drug-likeness (QED) is 0.853. The van der Waals surface area contributed by atoms with Crippen LogP contribution in [0.2, 0.25) is 0 Å². The van der Waals surface area contributed by atoms with Gasteiger partial charge in [-0.2, -0.15) is 0 Å². The van der Waals surface area contributed by atoms with Gasteiger partial charge in [0.15, 0.2) is 9.84 Å². The topological polar surface area (TPSA) is 46.2 Å². The van der Waals surface area contributed by atoms with Gasteiger partial charge in [-0.05, 0) is 43.9 Å². The molecule has 0 unspecified atom stereocenters.